The Morgan fingerprint density at radius 1 is 1.37 bits per heavy atom. The van der Waals surface area contributed by atoms with Crippen molar-refractivity contribution in [3.05, 3.63) is 53.6 Å². The number of nitrogens with zero attached hydrogens (tertiary/aromatic N) is 2. The lowest BCUT2D eigenvalue weighted by Crippen LogP contribution is -2.08. The fourth-order valence-electron chi connectivity index (χ4n) is 1.76. The van der Waals surface area contributed by atoms with Gasteiger partial charge in [-0.25, -0.2) is 13.8 Å². The van der Waals surface area contributed by atoms with Crippen molar-refractivity contribution < 1.29 is 18.7 Å². The molecule has 6 heteroatoms. The van der Waals surface area contributed by atoms with Crippen molar-refractivity contribution in [1.29, 1.82) is 0 Å². The predicted molar refractivity (Wildman–Crippen MR) is 63.6 cm³/mol. The summed E-state index contributed by atoms with van der Waals surface area (Å²) < 4.78 is 28.0. The van der Waals surface area contributed by atoms with Crippen molar-refractivity contribution in [2.24, 2.45) is 0 Å². The second-order valence-electron chi connectivity index (χ2n) is 4.09. The van der Waals surface area contributed by atoms with Gasteiger partial charge in [-0.2, -0.15) is 0 Å². The minimum atomic E-state index is -0.910. The number of rotatable bonds is 5. The van der Waals surface area contributed by atoms with Crippen LogP contribution in [0.25, 0.3) is 0 Å². The third kappa shape index (κ3) is 3.37. The summed E-state index contributed by atoms with van der Waals surface area (Å²) in [6, 6.07) is 3.36. The molecule has 0 aliphatic carbocycles. The van der Waals surface area contributed by atoms with Gasteiger partial charge >= 0.3 is 5.97 Å². The summed E-state index contributed by atoms with van der Waals surface area (Å²) in [5, 5.41) is 8.63. The normalized spacial score (nSPS) is 10.6. The first-order chi connectivity index (χ1) is 9.06. The van der Waals surface area contributed by atoms with E-state index < -0.39 is 17.6 Å². The van der Waals surface area contributed by atoms with Crippen LogP contribution < -0.4 is 0 Å². The molecular weight excluding hydrogens is 254 g/mol. The molecule has 4 nitrogen and oxygen atoms in total. The number of hydrogen-bond acceptors (Lipinski definition) is 2. The van der Waals surface area contributed by atoms with Crippen LogP contribution in [0.15, 0.2) is 30.6 Å². The fraction of sp³-hybridized carbons (Fsp3) is 0.231. The van der Waals surface area contributed by atoms with Crippen molar-refractivity contribution in [2.45, 2.75) is 19.4 Å². The molecule has 1 N–H and O–H groups in total. The van der Waals surface area contributed by atoms with Crippen molar-refractivity contribution in [3.63, 3.8) is 0 Å². The summed E-state index contributed by atoms with van der Waals surface area (Å²) in [5.41, 5.74) is 0.323. The molecule has 0 atom stereocenters. The molecule has 0 saturated heterocycles. The molecule has 100 valence electrons. The van der Waals surface area contributed by atoms with Gasteiger partial charge in [0.1, 0.15) is 17.5 Å². The van der Waals surface area contributed by atoms with E-state index in [0.29, 0.717) is 11.4 Å². The number of aromatic nitrogens is 2. The maximum atomic E-state index is 13.5. The standard InChI is InChI=1S/C13H12F2N2O2/c14-10-2-1-9(11(15)8-10)7-12-16-4-6-17(12)5-3-13(18)19/h1-2,4,6,8H,3,5,7H2,(H,18,19). The quantitative estimate of drug-likeness (QED) is 0.902. The highest BCUT2D eigenvalue weighted by Gasteiger charge is 2.09. The molecule has 1 aromatic carbocycles. The first kappa shape index (κ1) is 13.2. The van der Waals surface area contributed by atoms with Gasteiger partial charge in [-0.1, -0.05) is 6.07 Å². The zero-order valence-corrected chi connectivity index (χ0v) is 10.0. The van der Waals surface area contributed by atoms with Crippen LogP contribution in [0.5, 0.6) is 0 Å². The lowest BCUT2D eigenvalue weighted by atomic mass is 10.1. The van der Waals surface area contributed by atoms with E-state index in [0.717, 1.165) is 6.07 Å². The summed E-state index contributed by atoms with van der Waals surface area (Å²) in [6.45, 7) is 0.271. The van der Waals surface area contributed by atoms with Crippen LogP contribution in [-0.4, -0.2) is 20.6 Å². The third-order valence-corrected chi connectivity index (χ3v) is 2.73. The molecule has 2 rings (SSSR count). The molecule has 0 aliphatic rings. The Labute approximate surface area is 108 Å². The Hall–Kier alpha value is -2.24. The van der Waals surface area contributed by atoms with Gasteiger partial charge in [0.2, 0.25) is 0 Å². The van der Waals surface area contributed by atoms with E-state index in [4.69, 9.17) is 5.11 Å². The Balaban J connectivity index is 2.14. The average Bonchev–Trinajstić information content (AvgIpc) is 2.77. The Morgan fingerprint density at radius 3 is 2.84 bits per heavy atom. The number of aliphatic carboxylic acids is 1. The van der Waals surface area contributed by atoms with Crippen LogP contribution in [0.2, 0.25) is 0 Å². The van der Waals surface area contributed by atoms with E-state index >= 15 is 0 Å². The average molecular weight is 266 g/mol. The number of carbonyl (C=O) groups is 1. The Morgan fingerprint density at radius 2 is 2.16 bits per heavy atom. The summed E-state index contributed by atoms with van der Waals surface area (Å²) in [6.07, 6.45) is 3.33. The molecule has 0 spiro atoms. The monoisotopic (exact) mass is 266 g/mol. The number of aryl methyl sites for hydroxylation is 1. The van der Waals surface area contributed by atoms with E-state index in [1.165, 1.54) is 18.3 Å². The van der Waals surface area contributed by atoms with Crippen LogP contribution in [0.3, 0.4) is 0 Å². The highest BCUT2D eigenvalue weighted by atomic mass is 19.1. The maximum Gasteiger partial charge on any atom is 0.305 e. The molecule has 0 bridgehead atoms. The van der Waals surface area contributed by atoms with Crippen LogP contribution in [0.4, 0.5) is 8.78 Å². The second kappa shape index (κ2) is 5.60. The molecular formula is C13H12F2N2O2. The van der Waals surface area contributed by atoms with E-state index in [9.17, 15) is 13.6 Å². The number of hydrogen-bond donors (Lipinski definition) is 1. The van der Waals surface area contributed by atoms with Gasteiger partial charge < -0.3 is 9.67 Å². The first-order valence-electron chi connectivity index (χ1n) is 5.72. The number of benzene rings is 1. The highest BCUT2D eigenvalue weighted by Crippen LogP contribution is 2.14. The molecule has 0 fully saturated rings. The lowest BCUT2D eigenvalue weighted by molar-refractivity contribution is -0.137. The van der Waals surface area contributed by atoms with Gasteiger partial charge in [0.15, 0.2) is 0 Å². The van der Waals surface area contributed by atoms with Crippen LogP contribution >= 0.6 is 0 Å². The minimum Gasteiger partial charge on any atom is -0.481 e. The van der Waals surface area contributed by atoms with Gasteiger partial charge in [0, 0.05) is 31.4 Å². The molecule has 19 heavy (non-hydrogen) atoms. The largest absolute Gasteiger partial charge is 0.481 e. The molecule has 0 amide bonds. The SMILES string of the molecule is O=C(O)CCn1ccnc1Cc1ccc(F)cc1F. The van der Waals surface area contributed by atoms with E-state index in [2.05, 4.69) is 4.98 Å². The minimum absolute atomic E-state index is 0.0325. The molecule has 0 unspecified atom stereocenters. The molecule has 0 radical (unpaired) electrons. The van der Waals surface area contributed by atoms with Gasteiger partial charge in [-0.05, 0) is 11.6 Å². The molecule has 0 saturated carbocycles. The molecule has 1 heterocycles. The van der Waals surface area contributed by atoms with Crippen molar-refractivity contribution >= 4 is 5.97 Å². The predicted octanol–water partition coefficient (Wildman–Crippen LogP) is 2.23. The zero-order valence-electron chi connectivity index (χ0n) is 10.0. The number of imidazole rings is 1. The fourth-order valence-corrected chi connectivity index (χ4v) is 1.76. The lowest BCUT2D eigenvalue weighted by Gasteiger charge is -2.07. The second-order valence-corrected chi connectivity index (χ2v) is 4.09. The maximum absolute atomic E-state index is 13.5. The summed E-state index contributed by atoms with van der Waals surface area (Å²) in [4.78, 5) is 14.6. The smallest absolute Gasteiger partial charge is 0.305 e. The first-order valence-corrected chi connectivity index (χ1v) is 5.72. The van der Waals surface area contributed by atoms with Gasteiger partial charge in [-0.3, -0.25) is 4.79 Å². The van der Waals surface area contributed by atoms with E-state index in [1.54, 1.807) is 10.8 Å². The van der Waals surface area contributed by atoms with Crippen LogP contribution in [0.1, 0.15) is 17.8 Å². The van der Waals surface area contributed by atoms with Gasteiger partial charge in [-0.15, -0.1) is 0 Å². The van der Waals surface area contributed by atoms with E-state index in [-0.39, 0.29) is 19.4 Å². The molecule has 1 aromatic heterocycles. The number of halogens is 2. The molecule has 0 aliphatic heterocycles. The van der Waals surface area contributed by atoms with E-state index in [1.807, 2.05) is 0 Å². The summed E-state index contributed by atoms with van der Waals surface area (Å²) >= 11 is 0. The summed E-state index contributed by atoms with van der Waals surface area (Å²) in [5.74, 6) is -1.62. The van der Waals surface area contributed by atoms with Crippen LogP contribution in [0, 0.1) is 11.6 Å². The van der Waals surface area contributed by atoms with Crippen molar-refractivity contribution in [3.8, 4) is 0 Å². The van der Waals surface area contributed by atoms with Crippen molar-refractivity contribution in [2.75, 3.05) is 0 Å². The van der Waals surface area contributed by atoms with Crippen LogP contribution in [-0.2, 0) is 17.8 Å². The number of carboxylic acid groups (broad SMARTS) is 1. The zero-order chi connectivity index (χ0) is 13.8. The topological polar surface area (TPSA) is 55.1 Å². The molecule has 2 aromatic rings. The highest BCUT2D eigenvalue weighted by molar-refractivity contribution is 5.66. The summed E-state index contributed by atoms with van der Waals surface area (Å²) in [7, 11) is 0. The van der Waals surface area contributed by atoms with Gasteiger partial charge in [0.05, 0.1) is 6.42 Å². The Bertz CT molecular complexity index is 596. The van der Waals surface area contributed by atoms with Gasteiger partial charge in [0.25, 0.3) is 0 Å². The Kier molecular flexibility index (Phi) is 3.89. The van der Waals surface area contributed by atoms with Crippen molar-refractivity contribution in [1.82, 2.24) is 9.55 Å². The number of carboxylic acids is 1. The third-order valence-electron chi connectivity index (χ3n) is 2.73.